The van der Waals surface area contributed by atoms with Crippen LogP contribution in [0.2, 0.25) is 0 Å². The topological polar surface area (TPSA) is 24.5 Å². The Morgan fingerprint density at radius 1 is 0.952 bits per heavy atom. The Morgan fingerprint density at radius 2 is 1.48 bits per heavy atom. The summed E-state index contributed by atoms with van der Waals surface area (Å²) >= 11 is 0. The van der Waals surface area contributed by atoms with Crippen LogP contribution in [0.15, 0.2) is 0 Å². The number of nitrogens with zero attached hydrogens (tertiary/aromatic N) is 1. The first-order chi connectivity index (χ1) is 9.78. The van der Waals surface area contributed by atoms with Crippen molar-refractivity contribution in [2.75, 3.05) is 26.7 Å². The molecule has 1 saturated heterocycles. The lowest BCUT2D eigenvalue weighted by Gasteiger charge is -2.34. The van der Waals surface area contributed by atoms with E-state index in [1.165, 1.54) is 38.8 Å². The minimum absolute atomic E-state index is 0.0617. The number of hydrogen-bond donors (Lipinski definition) is 1. The molecule has 0 saturated carbocycles. The van der Waals surface area contributed by atoms with Crippen LogP contribution in [0.3, 0.4) is 0 Å². The molecule has 0 radical (unpaired) electrons. The molecule has 3 nitrogen and oxygen atoms in total. The Hall–Kier alpha value is -0.120. The second kappa shape index (κ2) is 7.94. The molecular weight excluding hydrogens is 260 g/mol. The highest BCUT2D eigenvalue weighted by molar-refractivity contribution is 5.05. The van der Waals surface area contributed by atoms with Gasteiger partial charge in [0.2, 0.25) is 0 Å². The lowest BCUT2D eigenvalue weighted by molar-refractivity contribution is -0.0794. The van der Waals surface area contributed by atoms with Gasteiger partial charge in [-0.3, -0.25) is 0 Å². The van der Waals surface area contributed by atoms with E-state index in [2.05, 4.69) is 58.8 Å². The molecule has 3 heteroatoms. The van der Waals surface area contributed by atoms with E-state index in [0.29, 0.717) is 12.0 Å². The summed E-state index contributed by atoms with van der Waals surface area (Å²) in [6.45, 7) is 17.1. The molecule has 1 aliphatic heterocycles. The number of hydrogen-bond acceptors (Lipinski definition) is 3. The molecule has 1 fully saturated rings. The van der Waals surface area contributed by atoms with Crippen LogP contribution in [0.1, 0.15) is 67.2 Å². The fraction of sp³-hybridized carbons (Fsp3) is 1.00. The van der Waals surface area contributed by atoms with Gasteiger partial charge in [0.25, 0.3) is 0 Å². The Bertz CT molecular complexity index is 294. The number of nitrogens with one attached hydrogen (secondary N) is 1. The van der Waals surface area contributed by atoms with Gasteiger partial charge in [-0.05, 0) is 60.7 Å². The van der Waals surface area contributed by atoms with E-state index in [1.54, 1.807) is 0 Å². The minimum Gasteiger partial charge on any atom is -0.368 e. The largest absolute Gasteiger partial charge is 0.368 e. The maximum atomic E-state index is 6.37. The smallest absolute Gasteiger partial charge is 0.0790 e. The van der Waals surface area contributed by atoms with Crippen LogP contribution in [0, 0.1) is 5.92 Å². The summed E-state index contributed by atoms with van der Waals surface area (Å²) < 4.78 is 6.37. The highest BCUT2D eigenvalue weighted by atomic mass is 16.5. The van der Waals surface area contributed by atoms with Gasteiger partial charge < -0.3 is 15.0 Å². The van der Waals surface area contributed by atoms with Gasteiger partial charge in [0, 0.05) is 18.5 Å². The van der Waals surface area contributed by atoms with E-state index in [1.807, 2.05) is 0 Å². The second-order valence-corrected chi connectivity index (χ2v) is 7.69. The zero-order valence-electron chi connectivity index (χ0n) is 15.5. The molecule has 1 aliphatic rings. The van der Waals surface area contributed by atoms with Gasteiger partial charge >= 0.3 is 0 Å². The first-order valence-corrected chi connectivity index (χ1v) is 8.88. The zero-order chi connectivity index (χ0) is 16.1. The minimum atomic E-state index is -0.0932. The van der Waals surface area contributed by atoms with Crippen molar-refractivity contribution in [3.05, 3.63) is 0 Å². The van der Waals surface area contributed by atoms with E-state index >= 15 is 0 Å². The van der Waals surface area contributed by atoms with Crippen molar-refractivity contribution in [3.8, 4) is 0 Å². The number of rotatable bonds is 9. The molecule has 0 spiro atoms. The highest BCUT2D eigenvalue weighted by Crippen LogP contribution is 2.42. The lowest BCUT2D eigenvalue weighted by atomic mass is 9.82. The fourth-order valence-electron chi connectivity index (χ4n) is 3.91. The van der Waals surface area contributed by atoms with Crippen molar-refractivity contribution in [1.29, 1.82) is 0 Å². The molecule has 0 aromatic rings. The Labute approximate surface area is 132 Å². The van der Waals surface area contributed by atoms with Crippen LogP contribution in [0.25, 0.3) is 0 Å². The monoisotopic (exact) mass is 298 g/mol. The summed E-state index contributed by atoms with van der Waals surface area (Å²) in [5, 5.41) is 3.53. The van der Waals surface area contributed by atoms with Crippen molar-refractivity contribution < 1.29 is 4.74 Å². The maximum absolute atomic E-state index is 6.37. The van der Waals surface area contributed by atoms with Gasteiger partial charge in [-0.1, -0.05) is 26.7 Å². The van der Waals surface area contributed by atoms with E-state index in [9.17, 15) is 0 Å². The van der Waals surface area contributed by atoms with Gasteiger partial charge in [-0.15, -0.1) is 0 Å². The number of ether oxygens (including phenoxy) is 1. The highest BCUT2D eigenvalue weighted by Gasteiger charge is 2.53. The van der Waals surface area contributed by atoms with Crippen molar-refractivity contribution in [1.82, 2.24) is 10.2 Å². The molecule has 0 aromatic heterocycles. The maximum Gasteiger partial charge on any atom is 0.0790 e. The van der Waals surface area contributed by atoms with Gasteiger partial charge in [-0.2, -0.15) is 0 Å². The molecule has 2 atom stereocenters. The SMILES string of the molecule is CCCCN(CCCC)CC1C(NC)C(C)(C)OC1(C)C. The third-order valence-electron chi connectivity index (χ3n) is 4.99. The predicted molar refractivity (Wildman–Crippen MR) is 91.8 cm³/mol. The van der Waals surface area contributed by atoms with Gasteiger partial charge in [0.1, 0.15) is 0 Å². The molecule has 2 unspecified atom stereocenters. The average Bonchev–Trinajstić information content (AvgIpc) is 2.56. The number of unbranched alkanes of at least 4 members (excludes halogenated alkanes) is 2. The van der Waals surface area contributed by atoms with Crippen LogP contribution in [0.4, 0.5) is 0 Å². The molecule has 0 bridgehead atoms. The van der Waals surface area contributed by atoms with E-state index in [4.69, 9.17) is 4.74 Å². The molecule has 0 aliphatic carbocycles. The first-order valence-electron chi connectivity index (χ1n) is 8.88. The predicted octanol–water partition coefficient (Wildman–Crippen LogP) is 3.68. The van der Waals surface area contributed by atoms with Crippen LogP contribution >= 0.6 is 0 Å². The summed E-state index contributed by atoms with van der Waals surface area (Å²) in [5.74, 6) is 0.534. The molecule has 1 rings (SSSR count). The molecule has 21 heavy (non-hydrogen) atoms. The summed E-state index contributed by atoms with van der Waals surface area (Å²) in [6.07, 6.45) is 5.14. The third kappa shape index (κ3) is 4.94. The fourth-order valence-corrected chi connectivity index (χ4v) is 3.91. The third-order valence-corrected chi connectivity index (χ3v) is 4.99. The van der Waals surface area contributed by atoms with Crippen LogP contribution < -0.4 is 5.32 Å². The molecule has 126 valence electrons. The quantitative estimate of drug-likeness (QED) is 0.703. The normalized spacial score (nSPS) is 27.4. The molecule has 1 heterocycles. The summed E-state index contributed by atoms with van der Waals surface area (Å²) in [6, 6.07) is 0.415. The average molecular weight is 299 g/mol. The van der Waals surface area contributed by atoms with Crippen LogP contribution in [-0.2, 0) is 4.74 Å². The van der Waals surface area contributed by atoms with Crippen LogP contribution in [-0.4, -0.2) is 48.8 Å². The first kappa shape index (κ1) is 18.9. The Balaban J connectivity index is 2.78. The van der Waals surface area contributed by atoms with E-state index in [-0.39, 0.29) is 11.2 Å². The van der Waals surface area contributed by atoms with Gasteiger partial charge in [-0.25, -0.2) is 0 Å². The van der Waals surface area contributed by atoms with E-state index in [0.717, 1.165) is 6.54 Å². The van der Waals surface area contributed by atoms with Crippen molar-refractivity contribution in [2.24, 2.45) is 5.92 Å². The lowest BCUT2D eigenvalue weighted by Crippen LogP contribution is -2.50. The molecular formula is C18H38N2O. The van der Waals surface area contributed by atoms with Crippen LogP contribution in [0.5, 0.6) is 0 Å². The zero-order valence-corrected chi connectivity index (χ0v) is 15.5. The van der Waals surface area contributed by atoms with Crippen molar-refractivity contribution in [2.45, 2.75) is 84.5 Å². The number of likely N-dealkylation sites (N-methyl/N-ethyl adjacent to an activating group) is 1. The van der Waals surface area contributed by atoms with Crippen molar-refractivity contribution >= 4 is 0 Å². The molecule has 1 N–H and O–H groups in total. The summed E-state index contributed by atoms with van der Waals surface area (Å²) in [7, 11) is 2.08. The van der Waals surface area contributed by atoms with Gasteiger partial charge in [0.05, 0.1) is 11.2 Å². The molecule has 0 aromatic carbocycles. The molecule has 0 amide bonds. The van der Waals surface area contributed by atoms with Gasteiger partial charge in [0.15, 0.2) is 0 Å². The summed E-state index contributed by atoms with van der Waals surface area (Å²) in [5.41, 5.74) is -0.155. The Morgan fingerprint density at radius 3 is 1.90 bits per heavy atom. The summed E-state index contributed by atoms with van der Waals surface area (Å²) in [4.78, 5) is 2.66. The standard InChI is InChI=1S/C18H38N2O/c1-8-10-12-20(13-11-9-2)14-15-16(19-7)18(5,6)21-17(15,3)4/h15-16,19H,8-14H2,1-7H3. The van der Waals surface area contributed by atoms with E-state index < -0.39 is 0 Å². The Kier molecular flexibility index (Phi) is 7.15. The van der Waals surface area contributed by atoms with Crippen molar-refractivity contribution in [3.63, 3.8) is 0 Å². The second-order valence-electron chi connectivity index (χ2n) is 7.69.